The van der Waals surface area contributed by atoms with Gasteiger partial charge in [-0.2, -0.15) is 0 Å². The molecule has 94 valence electrons. The second kappa shape index (κ2) is 4.71. The highest BCUT2D eigenvalue weighted by Gasteiger charge is 2.37. The molecule has 18 heavy (non-hydrogen) atoms. The predicted octanol–water partition coefficient (Wildman–Crippen LogP) is 2.11. The first-order chi connectivity index (χ1) is 8.74. The Bertz CT molecular complexity index is 534. The fraction of sp³-hybridized carbons (Fsp3) is 0.385. The molecule has 1 aliphatic carbocycles. The number of rotatable bonds is 4. The summed E-state index contributed by atoms with van der Waals surface area (Å²) >= 11 is 5.89. The van der Waals surface area contributed by atoms with Gasteiger partial charge in [0.15, 0.2) is 0 Å². The summed E-state index contributed by atoms with van der Waals surface area (Å²) < 4.78 is 1.80. The van der Waals surface area contributed by atoms with E-state index in [1.807, 2.05) is 19.2 Å². The molecule has 2 atom stereocenters. The summed E-state index contributed by atoms with van der Waals surface area (Å²) in [6.07, 6.45) is 2.99. The molecule has 0 spiro atoms. The van der Waals surface area contributed by atoms with E-state index in [1.54, 1.807) is 10.9 Å². The first-order valence-corrected chi connectivity index (χ1v) is 6.44. The maximum atomic E-state index is 5.89. The zero-order chi connectivity index (χ0) is 12.5. The minimum atomic E-state index is 0.557. The summed E-state index contributed by atoms with van der Waals surface area (Å²) in [4.78, 5) is 0. The van der Waals surface area contributed by atoms with Crippen LogP contribution in [0.5, 0.6) is 0 Å². The number of nitrogens with one attached hydrogen (secondary N) is 1. The Morgan fingerprint density at radius 2 is 2.17 bits per heavy atom. The molecule has 0 aliphatic heterocycles. The second-order valence-corrected chi connectivity index (χ2v) is 5.17. The van der Waals surface area contributed by atoms with Crippen LogP contribution in [0.2, 0.25) is 5.02 Å². The predicted molar refractivity (Wildman–Crippen MR) is 70.4 cm³/mol. The number of benzene rings is 1. The van der Waals surface area contributed by atoms with Crippen molar-refractivity contribution in [1.29, 1.82) is 0 Å². The Morgan fingerprint density at radius 1 is 1.39 bits per heavy atom. The van der Waals surface area contributed by atoms with Crippen LogP contribution in [-0.4, -0.2) is 21.0 Å². The van der Waals surface area contributed by atoms with Crippen molar-refractivity contribution in [3.63, 3.8) is 0 Å². The van der Waals surface area contributed by atoms with Gasteiger partial charge in [-0.1, -0.05) is 28.9 Å². The van der Waals surface area contributed by atoms with Gasteiger partial charge in [-0.15, -0.1) is 5.10 Å². The zero-order valence-corrected chi connectivity index (χ0v) is 10.9. The topological polar surface area (TPSA) is 42.7 Å². The van der Waals surface area contributed by atoms with Gasteiger partial charge in [0, 0.05) is 30.6 Å². The van der Waals surface area contributed by atoms with Gasteiger partial charge in [0.25, 0.3) is 0 Å². The normalized spacial score (nSPS) is 22.1. The van der Waals surface area contributed by atoms with E-state index in [0.29, 0.717) is 12.0 Å². The third kappa shape index (κ3) is 2.40. The number of halogens is 1. The number of nitrogens with zero attached hydrogens (tertiary/aromatic N) is 3. The Hall–Kier alpha value is -1.39. The molecule has 0 saturated heterocycles. The standard InChI is InChI=1S/C13H15ClN4/c1-18-11(8-16-17-18)7-15-13-6-12(13)9-2-4-10(14)5-3-9/h2-5,8,12-13,15H,6-7H2,1H3/t12-,13+/m0/s1. The lowest BCUT2D eigenvalue weighted by atomic mass is 10.1. The van der Waals surface area contributed by atoms with Crippen molar-refractivity contribution in [1.82, 2.24) is 20.3 Å². The molecule has 5 heteroatoms. The maximum absolute atomic E-state index is 5.89. The van der Waals surface area contributed by atoms with Crippen molar-refractivity contribution in [2.75, 3.05) is 0 Å². The van der Waals surface area contributed by atoms with Gasteiger partial charge >= 0.3 is 0 Å². The molecule has 4 nitrogen and oxygen atoms in total. The molecular formula is C13H15ClN4. The van der Waals surface area contributed by atoms with E-state index in [9.17, 15) is 0 Å². The molecule has 1 aromatic carbocycles. The van der Waals surface area contributed by atoms with Gasteiger partial charge in [0.05, 0.1) is 11.9 Å². The van der Waals surface area contributed by atoms with E-state index < -0.39 is 0 Å². The fourth-order valence-electron chi connectivity index (χ4n) is 2.21. The van der Waals surface area contributed by atoms with Crippen LogP contribution in [0.1, 0.15) is 23.6 Å². The van der Waals surface area contributed by atoms with E-state index >= 15 is 0 Å². The molecule has 1 saturated carbocycles. The van der Waals surface area contributed by atoms with Crippen LogP contribution in [0.15, 0.2) is 30.5 Å². The summed E-state index contributed by atoms with van der Waals surface area (Å²) in [6, 6.07) is 8.69. The largest absolute Gasteiger partial charge is 0.308 e. The Balaban J connectivity index is 1.55. The summed E-state index contributed by atoms with van der Waals surface area (Å²) in [7, 11) is 1.91. The van der Waals surface area contributed by atoms with E-state index in [2.05, 4.69) is 27.8 Å². The first-order valence-electron chi connectivity index (χ1n) is 6.06. The van der Waals surface area contributed by atoms with Crippen molar-refractivity contribution >= 4 is 11.6 Å². The minimum absolute atomic E-state index is 0.557. The van der Waals surface area contributed by atoms with Crippen molar-refractivity contribution in [2.24, 2.45) is 7.05 Å². The second-order valence-electron chi connectivity index (χ2n) is 4.73. The Morgan fingerprint density at radius 3 is 2.83 bits per heavy atom. The Kier molecular flexibility index (Phi) is 3.06. The zero-order valence-electron chi connectivity index (χ0n) is 10.2. The molecule has 1 aromatic heterocycles. The van der Waals surface area contributed by atoms with Gasteiger partial charge < -0.3 is 5.32 Å². The molecule has 3 rings (SSSR count). The van der Waals surface area contributed by atoms with Gasteiger partial charge in [-0.25, -0.2) is 0 Å². The van der Waals surface area contributed by atoms with Gasteiger partial charge in [0.2, 0.25) is 0 Å². The molecule has 1 fully saturated rings. The van der Waals surface area contributed by atoms with Crippen molar-refractivity contribution in [3.8, 4) is 0 Å². The van der Waals surface area contributed by atoms with Crippen LogP contribution >= 0.6 is 11.6 Å². The average Bonchev–Trinajstić information content (AvgIpc) is 3.03. The van der Waals surface area contributed by atoms with E-state index in [4.69, 9.17) is 11.6 Å². The van der Waals surface area contributed by atoms with Crippen molar-refractivity contribution in [2.45, 2.75) is 24.9 Å². The van der Waals surface area contributed by atoms with Crippen LogP contribution in [0.4, 0.5) is 0 Å². The van der Waals surface area contributed by atoms with Crippen LogP contribution < -0.4 is 5.32 Å². The molecule has 0 radical (unpaired) electrons. The highest BCUT2D eigenvalue weighted by Crippen LogP contribution is 2.41. The van der Waals surface area contributed by atoms with Crippen LogP contribution in [0.25, 0.3) is 0 Å². The summed E-state index contributed by atoms with van der Waals surface area (Å²) in [5, 5.41) is 12.1. The summed E-state index contributed by atoms with van der Waals surface area (Å²) in [6.45, 7) is 0.818. The summed E-state index contributed by atoms with van der Waals surface area (Å²) in [5.41, 5.74) is 2.47. The minimum Gasteiger partial charge on any atom is -0.308 e. The number of aryl methyl sites for hydroxylation is 1. The molecule has 1 heterocycles. The van der Waals surface area contributed by atoms with Crippen LogP contribution in [0.3, 0.4) is 0 Å². The molecular weight excluding hydrogens is 248 g/mol. The number of hydrogen-bond acceptors (Lipinski definition) is 3. The van der Waals surface area contributed by atoms with E-state index in [1.165, 1.54) is 12.0 Å². The van der Waals surface area contributed by atoms with Gasteiger partial charge in [-0.3, -0.25) is 4.68 Å². The lowest BCUT2D eigenvalue weighted by Crippen LogP contribution is -2.19. The monoisotopic (exact) mass is 262 g/mol. The van der Waals surface area contributed by atoms with E-state index in [-0.39, 0.29) is 0 Å². The molecule has 1 aliphatic rings. The van der Waals surface area contributed by atoms with Crippen molar-refractivity contribution in [3.05, 3.63) is 46.7 Å². The molecule has 0 bridgehead atoms. The fourth-order valence-corrected chi connectivity index (χ4v) is 2.33. The lowest BCUT2D eigenvalue weighted by Gasteiger charge is -2.04. The summed E-state index contributed by atoms with van der Waals surface area (Å²) in [5.74, 6) is 0.614. The quantitative estimate of drug-likeness (QED) is 0.918. The third-order valence-electron chi connectivity index (χ3n) is 3.44. The lowest BCUT2D eigenvalue weighted by molar-refractivity contribution is 0.608. The smallest absolute Gasteiger partial charge is 0.0738 e. The Labute approximate surface area is 111 Å². The highest BCUT2D eigenvalue weighted by atomic mass is 35.5. The molecule has 2 aromatic rings. The average molecular weight is 263 g/mol. The van der Waals surface area contributed by atoms with E-state index in [0.717, 1.165) is 17.3 Å². The molecule has 0 unspecified atom stereocenters. The van der Waals surface area contributed by atoms with Gasteiger partial charge in [0.1, 0.15) is 0 Å². The highest BCUT2D eigenvalue weighted by molar-refractivity contribution is 6.30. The first kappa shape index (κ1) is 11.7. The SMILES string of the molecule is Cn1nncc1CN[C@@H]1C[C@H]1c1ccc(Cl)cc1. The maximum Gasteiger partial charge on any atom is 0.0738 e. The number of aromatic nitrogens is 3. The third-order valence-corrected chi connectivity index (χ3v) is 3.69. The van der Waals surface area contributed by atoms with Gasteiger partial charge in [-0.05, 0) is 24.1 Å². The van der Waals surface area contributed by atoms with Crippen LogP contribution in [0, 0.1) is 0 Å². The van der Waals surface area contributed by atoms with Crippen LogP contribution in [-0.2, 0) is 13.6 Å². The molecule has 0 amide bonds. The molecule has 1 N–H and O–H groups in total. The number of hydrogen-bond donors (Lipinski definition) is 1. The van der Waals surface area contributed by atoms with Crippen molar-refractivity contribution < 1.29 is 0 Å².